The Morgan fingerprint density at radius 3 is 2.36 bits per heavy atom. The molecule has 0 spiro atoms. The number of benzene rings is 1. The Bertz CT molecular complexity index is 330. The van der Waals surface area contributed by atoms with Crippen LogP contribution in [0.1, 0.15) is 13.8 Å². The van der Waals surface area contributed by atoms with Crippen LogP contribution in [0.15, 0.2) is 35.2 Å². The van der Waals surface area contributed by atoms with Gasteiger partial charge in [0, 0.05) is 16.1 Å². The van der Waals surface area contributed by atoms with Crippen molar-refractivity contribution in [3.8, 4) is 0 Å². The molecule has 0 fully saturated rings. The Morgan fingerprint density at radius 1 is 1.29 bits per heavy atom. The zero-order chi connectivity index (χ0) is 10.6. The molecule has 3 heteroatoms. The monoisotopic (exact) mass is 210 g/mol. The maximum absolute atomic E-state index is 11.8. The van der Waals surface area contributed by atoms with Gasteiger partial charge in [-0.25, -0.2) is 0 Å². The number of aldehydes is 1. The van der Waals surface area contributed by atoms with E-state index >= 15 is 0 Å². The largest absolute Gasteiger partial charge is 0.303 e. The molecule has 1 aromatic carbocycles. The van der Waals surface area contributed by atoms with Gasteiger partial charge in [0.15, 0.2) is 0 Å². The topological polar surface area (TPSA) is 34.1 Å². The van der Waals surface area contributed by atoms with E-state index in [2.05, 4.69) is 0 Å². The molecule has 0 bridgehead atoms. The summed E-state index contributed by atoms with van der Waals surface area (Å²) in [4.78, 5) is 11.4. The van der Waals surface area contributed by atoms with Gasteiger partial charge in [0.05, 0.1) is 10.8 Å². The molecule has 0 unspecified atom stereocenters. The average Bonchev–Trinajstić information content (AvgIpc) is 2.19. The fourth-order valence-corrected chi connectivity index (χ4v) is 2.40. The maximum atomic E-state index is 11.8. The van der Waals surface area contributed by atoms with Gasteiger partial charge in [-0.1, -0.05) is 32.0 Å². The van der Waals surface area contributed by atoms with Gasteiger partial charge in [-0.2, -0.15) is 0 Å². The number of hydrogen-bond acceptors (Lipinski definition) is 2. The SMILES string of the molecule is CC(C)(C=O)C[S@@](=O)c1ccccc1. The first-order valence-electron chi connectivity index (χ1n) is 4.45. The van der Waals surface area contributed by atoms with Crippen molar-refractivity contribution in [3.05, 3.63) is 30.3 Å². The van der Waals surface area contributed by atoms with Gasteiger partial charge in [0.25, 0.3) is 0 Å². The molecule has 0 amide bonds. The highest BCUT2D eigenvalue weighted by molar-refractivity contribution is 7.85. The Morgan fingerprint density at radius 2 is 1.86 bits per heavy atom. The first kappa shape index (κ1) is 11.1. The second-order valence-corrected chi connectivity index (χ2v) is 5.36. The quantitative estimate of drug-likeness (QED) is 0.712. The molecule has 1 atom stereocenters. The molecule has 14 heavy (non-hydrogen) atoms. The third-order valence-electron chi connectivity index (χ3n) is 1.83. The van der Waals surface area contributed by atoms with Crippen LogP contribution in [0.4, 0.5) is 0 Å². The Kier molecular flexibility index (Phi) is 3.58. The summed E-state index contributed by atoms with van der Waals surface area (Å²) < 4.78 is 11.8. The predicted molar refractivity (Wildman–Crippen MR) is 57.6 cm³/mol. The van der Waals surface area contributed by atoms with Gasteiger partial charge in [-0.05, 0) is 12.1 Å². The van der Waals surface area contributed by atoms with E-state index in [9.17, 15) is 9.00 Å². The lowest BCUT2D eigenvalue weighted by Gasteiger charge is -2.15. The van der Waals surface area contributed by atoms with E-state index in [-0.39, 0.29) is 0 Å². The fraction of sp³-hybridized carbons (Fsp3) is 0.364. The zero-order valence-electron chi connectivity index (χ0n) is 8.40. The van der Waals surface area contributed by atoms with E-state index in [0.29, 0.717) is 5.75 Å². The van der Waals surface area contributed by atoms with Crippen LogP contribution >= 0.6 is 0 Å². The number of hydrogen-bond donors (Lipinski definition) is 0. The summed E-state index contributed by atoms with van der Waals surface area (Å²) in [5.74, 6) is 0.376. The van der Waals surface area contributed by atoms with Crippen molar-refractivity contribution in [2.45, 2.75) is 18.7 Å². The van der Waals surface area contributed by atoms with E-state index in [1.807, 2.05) is 30.3 Å². The summed E-state index contributed by atoms with van der Waals surface area (Å²) in [6.07, 6.45) is 0.855. The molecule has 0 aliphatic heterocycles. The summed E-state index contributed by atoms with van der Waals surface area (Å²) in [5.41, 5.74) is -0.513. The highest BCUT2D eigenvalue weighted by Gasteiger charge is 2.20. The van der Waals surface area contributed by atoms with Crippen molar-refractivity contribution in [1.29, 1.82) is 0 Å². The van der Waals surface area contributed by atoms with Crippen LogP contribution in [0, 0.1) is 5.41 Å². The molecule has 76 valence electrons. The summed E-state index contributed by atoms with van der Waals surface area (Å²) >= 11 is 0. The molecule has 0 saturated heterocycles. The van der Waals surface area contributed by atoms with Crippen LogP contribution in [0.5, 0.6) is 0 Å². The van der Waals surface area contributed by atoms with Gasteiger partial charge in [0.2, 0.25) is 0 Å². The Balaban J connectivity index is 2.74. The summed E-state index contributed by atoms with van der Waals surface area (Å²) in [6.45, 7) is 3.58. The highest BCUT2D eigenvalue weighted by Crippen LogP contribution is 2.17. The Hall–Kier alpha value is -0.960. The van der Waals surface area contributed by atoms with E-state index in [4.69, 9.17) is 0 Å². The highest BCUT2D eigenvalue weighted by atomic mass is 32.2. The van der Waals surface area contributed by atoms with Crippen LogP contribution in [-0.4, -0.2) is 16.2 Å². The summed E-state index contributed by atoms with van der Waals surface area (Å²) in [5, 5.41) is 0. The minimum absolute atomic E-state index is 0.376. The first-order valence-corrected chi connectivity index (χ1v) is 5.77. The molecular weight excluding hydrogens is 196 g/mol. The van der Waals surface area contributed by atoms with Crippen LogP contribution in [0.25, 0.3) is 0 Å². The van der Waals surface area contributed by atoms with Gasteiger partial charge in [-0.15, -0.1) is 0 Å². The van der Waals surface area contributed by atoms with E-state index in [1.165, 1.54) is 0 Å². The normalized spacial score (nSPS) is 13.6. The molecule has 1 aromatic rings. The van der Waals surface area contributed by atoms with Crippen molar-refractivity contribution in [2.75, 3.05) is 5.75 Å². The predicted octanol–water partition coefficient (Wildman–Crippen LogP) is 2.02. The van der Waals surface area contributed by atoms with Crippen molar-refractivity contribution in [2.24, 2.45) is 5.41 Å². The lowest BCUT2D eigenvalue weighted by atomic mass is 10.00. The van der Waals surface area contributed by atoms with Crippen LogP contribution in [0.3, 0.4) is 0 Å². The van der Waals surface area contributed by atoms with Crippen molar-refractivity contribution < 1.29 is 9.00 Å². The molecule has 0 radical (unpaired) electrons. The lowest BCUT2D eigenvalue weighted by Crippen LogP contribution is -2.21. The average molecular weight is 210 g/mol. The third kappa shape index (κ3) is 3.07. The minimum Gasteiger partial charge on any atom is -0.303 e. The van der Waals surface area contributed by atoms with E-state index < -0.39 is 16.2 Å². The van der Waals surface area contributed by atoms with Crippen LogP contribution in [0.2, 0.25) is 0 Å². The summed E-state index contributed by atoms with van der Waals surface area (Å²) in [7, 11) is -1.08. The van der Waals surface area contributed by atoms with Crippen molar-refractivity contribution in [3.63, 3.8) is 0 Å². The molecule has 0 aliphatic rings. The van der Waals surface area contributed by atoms with E-state index in [0.717, 1.165) is 11.2 Å². The first-order chi connectivity index (χ1) is 6.55. The fourth-order valence-electron chi connectivity index (χ4n) is 1.03. The second-order valence-electron chi connectivity index (χ2n) is 3.91. The molecule has 0 heterocycles. The van der Waals surface area contributed by atoms with Crippen molar-refractivity contribution >= 4 is 17.1 Å². The summed E-state index contributed by atoms with van der Waals surface area (Å²) in [6, 6.07) is 9.21. The van der Waals surface area contributed by atoms with Gasteiger partial charge < -0.3 is 4.79 Å². The Labute approximate surface area is 86.8 Å². The molecule has 0 aliphatic carbocycles. The smallest absolute Gasteiger partial charge is 0.126 e. The van der Waals surface area contributed by atoms with Crippen molar-refractivity contribution in [1.82, 2.24) is 0 Å². The lowest BCUT2D eigenvalue weighted by molar-refractivity contribution is -0.113. The third-order valence-corrected chi connectivity index (χ3v) is 3.63. The molecule has 1 rings (SSSR count). The van der Waals surface area contributed by atoms with Gasteiger partial charge in [-0.3, -0.25) is 4.21 Å². The van der Waals surface area contributed by atoms with Gasteiger partial charge >= 0.3 is 0 Å². The molecule has 0 saturated carbocycles. The maximum Gasteiger partial charge on any atom is 0.126 e. The van der Waals surface area contributed by atoms with E-state index in [1.54, 1.807) is 13.8 Å². The molecule has 0 N–H and O–H groups in total. The zero-order valence-corrected chi connectivity index (χ0v) is 9.21. The molecule has 2 nitrogen and oxygen atoms in total. The van der Waals surface area contributed by atoms with Crippen LogP contribution < -0.4 is 0 Å². The second kappa shape index (κ2) is 4.51. The number of carbonyl (C=O) groups is 1. The number of carbonyl (C=O) groups excluding carboxylic acids is 1. The molecule has 0 aromatic heterocycles. The minimum atomic E-state index is -1.08. The molecular formula is C11H14O2S. The van der Waals surface area contributed by atoms with Crippen LogP contribution in [-0.2, 0) is 15.6 Å². The van der Waals surface area contributed by atoms with Gasteiger partial charge in [0.1, 0.15) is 6.29 Å². The number of rotatable bonds is 4. The standard InChI is InChI=1S/C11H14O2S/c1-11(2,8-12)9-14(13)10-6-4-3-5-7-10/h3-8H,9H2,1-2H3/t14-/m1/s1.